The molecule has 0 saturated heterocycles. The lowest BCUT2D eigenvalue weighted by Crippen LogP contribution is -2.20. The number of nitrogens with one attached hydrogen (secondary N) is 1. The lowest BCUT2D eigenvalue weighted by Gasteiger charge is -2.10. The summed E-state index contributed by atoms with van der Waals surface area (Å²) >= 11 is 2.91. The van der Waals surface area contributed by atoms with Crippen LogP contribution < -0.4 is 5.43 Å². The summed E-state index contributed by atoms with van der Waals surface area (Å²) in [6.45, 7) is 4.06. The predicted octanol–water partition coefficient (Wildman–Crippen LogP) is 4.86. The zero-order valence-corrected chi connectivity index (χ0v) is 18.8. The van der Waals surface area contributed by atoms with Crippen molar-refractivity contribution in [3.8, 4) is 17.1 Å². The molecule has 4 rings (SSSR count). The van der Waals surface area contributed by atoms with Gasteiger partial charge in [-0.25, -0.2) is 5.43 Å². The van der Waals surface area contributed by atoms with E-state index in [1.807, 2.05) is 84.5 Å². The van der Waals surface area contributed by atoms with E-state index in [4.69, 9.17) is 0 Å². The molecule has 0 aliphatic heterocycles. The van der Waals surface area contributed by atoms with Crippen molar-refractivity contribution in [3.63, 3.8) is 0 Å². The highest BCUT2D eigenvalue weighted by molar-refractivity contribution is 7.99. The molecular formula is C23H21N5OS2. The number of thioether (sulfide) groups is 1. The fraction of sp³-hybridized carbons (Fsp3) is 0.130. The van der Waals surface area contributed by atoms with Gasteiger partial charge in [0.25, 0.3) is 5.91 Å². The van der Waals surface area contributed by atoms with Gasteiger partial charge in [-0.05, 0) is 43.0 Å². The summed E-state index contributed by atoms with van der Waals surface area (Å²) in [5, 5.41) is 15.5. The molecule has 6 nitrogen and oxygen atoms in total. The van der Waals surface area contributed by atoms with Crippen LogP contribution in [0.15, 0.2) is 76.3 Å². The summed E-state index contributed by atoms with van der Waals surface area (Å²) in [6.07, 6.45) is 1.67. The van der Waals surface area contributed by atoms with E-state index in [1.165, 1.54) is 17.3 Å². The molecule has 2 aromatic heterocycles. The minimum atomic E-state index is -0.199. The molecule has 0 bridgehead atoms. The van der Waals surface area contributed by atoms with E-state index in [-0.39, 0.29) is 11.7 Å². The number of amides is 1. The van der Waals surface area contributed by atoms with Crippen LogP contribution in [0.5, 0.6) is 0 Å². The van der Waals surface area contributed by atoms with Crippen molar-refractivity contribution < 1.29 is 4.79 Å². The minimum absolute atomic E-state index is 0.180. The van der Waals surface area contributed by atoms with Crippen LogP contribution in [-0.2, 0) is 4.79 Å². The third-order valence-electron chi connectivity index (χ3n) is 4.56. The molecule has 1 amide bonds. The maximum Gasteiger partial charge on any atom is 0.250 e. The fourth-order valence-electron chi connectivity index (χ4n) is 2.91. The number of carbonyl (C=O) groups is 1. The Balaban J connectivity index is 1.52. The molecule has 2 aromatic carbocycles. The smallest absolute Gasteiger partial charge is 0.250 e. The summed E-state index contributed by atoms with van der Waals surface area (Å²) < 4.78 is 1.98. The topological polar surface area (TPSA) is 72.2 Å². The van der Waals surface area contributed by atoms with E-state index in [2.05, 4.69) is 20.7 Å². The first kappa shape index (κ1) is 21.0. The molecule has 0 spiro atoms. The van der Waals surface area contributed by atoms with Gasteiger partial charge in [0, 0.05) is 16.1 Å². The first-order valence-corrected chi connectivity index (χ1v) is 11.5. The standard InChI is InChI=1S/C23H21N5OS2/c1-16-8-10-19(11-9-16)28-22(18-6-4-3-5-7-18)26-27-23(28)31-15-21(29)25-24-14-20-17(2)12-13-30-20/h3-14H,15H2,1-2H3,(H,25,29)/b24-14+. The van der Waals surface area contributed by atoms with Crippen LogP contribution in [0, 0.1) is 13.8 Å². The maximum absolute atomic E-state index is 12.3. The average Bonchev–Trinajstić information content (AvgIpc) is 3.40. The molecule has 0 fully saturated rings. The predicted molar refractivity (Wildman–Crippen MR) is 127 cm³/mol. The summed E-state index contributed by atoms with van der Waals surface area (Å²) in [4.78, 5) is 13.3. The van der Waals surface area contributed by atoms with Crippen molar-refractivity contribution in [1.29, 1.82) is 0 Å². The van der Waals surface area contributed by atoms with Gasteiger partial charge in [-0.1, -0.05) is 59.8 Å². The molecule has 0 aliphatic rings. The zero-order valence-electron chi connectivity index (χ0n) is 17.1. The van der Waals surface area contributed by atoms with Crippen molar-refractivity contribution in [3.05, 3.63) is 82.0 Å². The third-order valence-corrected chi connectivity index (χ3v) is 6.45. The SMILES string of the molecule is Cc1ccc(-n2c(SCC(=O)N/N=C/c3sccc3C)nnc2-c2ccccc2)cc1. The number of hydrazone groups is 1. The van der Waals surface area contributed by atoms with Gasteiger partial charge in [-0.15, -0.1) is 21.5 Å². The van der Waals surface area contributed by atoms with Crippen molar-refractivity contribution in [2.24, 2.45) is 5.10 Å². The Morgan fingerprint density at radius 2 is 1.87 bits per heavy atom. The molecule has 0 radical (unpaired) electrons. The van der Waals surface area contributed by atoms with Crippen LogP contribution in [0.3, 0.4) is 0 Å². The molecule has 0 unspecified atom stereocenters. The molecule has 8 heteroatoms. The van der Waals surface area contributed by atoms with Crippen LogP contribution in [0.25, 0.3) is 17.1 Å². The Morgan fingerprint density at radius 1 is 1.10 bits per heavy atom. The van der Waals surface area contributed by atoms with Gasteiger partial charge in [0.15, 0.2) is 11.0 Å². The lowest BCUT2D eigenvalue weighted by atomic mass is 10.2. The third kappa shape index (κ3) is 5.10. The van der Waals surface area contributed by atoms with E-state index in [9.17, 15) is 4.79 Å². The Bertz CT molecular complexity index is 1200. The highest BCUT2D eigenvalue weighted by atomic mass is 32.2. The number of rotatable bonds is 7. The molecule has 31 heavy (non-hydrogen) atoms. The summed E-state index contributed by atoms with van der Waals surface area (Å²) in [5.41, 5.74) is 6.80. The minimum Gasteiger partial charge on any atom is -0.272 e. The number of hydrogen-bond acceptors (Lipinski definition) is 6. The van der Waals surface area contributed by atoms with Gasteiger partial charge in [-0.2, -0.15) is 5.10 Å². The van der Waals surface area contributed by atoms with Gasteiger partial charge in [0.2, 0.25) is 0 Å². The largest absolute Gasteiger partial charge is 0.272 e. The average molecular weight is 448 g/mol. The first-order valence-electron chi connectivity index (χ1n) is 9.68. The summed E-state index contributed by atoms with van der Waals surface area (Å²) in [5.74, 6) is 0.716. The van der Waals surface area contributed by atoms with Gasteiger partial charge in [-0.3, -0.25) is 9.36 Å². The normalized spacial score (nSPS) is 11.2. The number of aromatic nitrogens is 3. The van der Waals surface area contributed by atoms with E-state index >= 15 is 0 Å². The highest BCUT2D eigenvalue weighted by Gasteiger charge is 2.17. The molecule has 1 N–H and O–H groups in total. The summed E-state index contributed by atoms with van der Waals surface area (Å²) in [7, 11) is 0. The quantitative estimate of drug-likeness (QED) is 0.250. The van der Waals surface area contributed by atoms with Crippen LogP contribution >= 0.6 is 23.1 Å². The van der Waals surface area contributed by atoms with Crippen molar-refractivity contribution in [1.82, 2.24) is 20.2 Å². The number of aryl methyl sites for hydroxylation is 2. The number of carbonyl (C=O) groups excluding carboxylic acids is 1. The van der Waals surface area contributed by atoms with Crippen LogP contribution in [-0.4, -0.2) is 32.6 Å². The van der Waals surface area contributed by atoms with Crippen LogP contribution in [0.1, 0.15) is 16.0 Å². The molecule has 0 atom stereocenters. The second-order valence-corrected chi connectivity index (χ2v) is 8.78. The molecule has 0 saturated carbocycles. The Morgan fingerprint density at radius 3 is 2.58 bits per heavy atom. The maximum atomic E-state index is 12.3. The van der Waals surface area contributed by atoms with Gasteiger partial charge in [0.1, 0.15) is 0 Å². The molecular weight excluding hydrogens is 426 g/mol. The number of benzene rings is 2. The van der Waals surface area contributed by atoms with Crippen molar-refractivity contribution in [2.75, 3.05) is 5.75 Å². The molecule has 2 heterocycles. The highest BCUT2D eigenvalue weighted by Crippen LogP contribution is 2.28. The zero-order chi connectivity index (χ0) is 21.6. The van der Waals surface area contributed by atoms with Gasteiger partial charge < -0.3 is 0 Å². The Labute approximate surface area is 189 Å². The van der Waals surface area contributed by atoms with Gasteiger partial charge >= 0.3 is 0 Å². The van der Waals surface area contributed by atoms with E-state index in [0.717, 1.165) is 27.5 Å². The second-order valence-electron chi connectivity index (χ2n) is 6.89. The summed E-state index contributed by atoms with van der Waals surface area (Å²) in [6, 6.07) is 20.1. The van der Waals surface area contributed by atoms with E-state index in [0.29, 0.717) is 5.16 Å². The second kappa shape index (κ2) is 9.72. The van der Waals surface area contributed by atoms with E-state index in [1.54, 1.807) is 17.6 Å². The van der Waals surface area contributed by atoms with Crippen molar-refractivity contribution in [2.45, 2.75) is 19.0 Å². The molecule has 4 aromatic rings. The van der Waals surface area contributed by atoms with Crippen molar-refractivity contribution >= 4 is 35.2 Å². The van der Waals surface area contributed by atoms with Crippen LogP contribution in [0.4, 0.5) is 0 Å². The lowest BCUT2D eigenvalue weighted by molar-refractivity contribution is -0.118. The number of thiophene rings is 1. The van der Waals surface area contributed by atoms with Gasteiger partial charge in [0.05, 0.1) is 12.0 Å². The number of nitrogens with zero attached hydrogens (tertiary/aromatic N) is 4. The van der Waals surface area contributed by atoms with Crippen LogP contribution in [0.2, 0.25) is 0 Å². The van der Waals surface area contributed by atoms with E-state index < -0.39 is 0 Å². The fourth-order valence-corrected chi connectivity index (χ4v) is 4.44. The molecule has 0 aliphatic carbocycles. The molecule has 156 valence electrons. The first-order chi connectivity index (χ1) is 15.1. The Kier molecular flexibility index (Phi) is 6.59. The number of hydrogen-bond donors (Lipinski definition) is 1. The Hall–Kier alpha value is -3.23. The monoisotopic (exact) mass is 447 g/mol.